The summed E-state index contributed by atoms with van der Waals surface area (Å²) in [6, 6.07) is 11.9. The second-order valence-corrected chi connectivity index (χ2v) is 5.82. The molecule has 2 aromatic carbocycles. The summed E-state index contributed by atoms with van der Waals surface area (Å²) >= 11 is 0. The minimum atomic E-state index is -1.09. The molecule has 8 nitrogen and oxygen atoms in total. The van der Waals surface area contributed by atoms with Crippen LogP contribution >= 0.6 is 0 Å². The lowest BCUT2D eigenvalue weighted by Gasteiger charge is -2.21. The number of nitro groups is 1. The number of hydrogen-bond donors (Lipinski definition) is 1. The maximum atomic E-state index is 12.6. The van der Waals surface area contributed by atoms with Crippen LogP contribution in [0.15, 0.2) is 48.5 Å². The second kappa shape index (κ2) is 6.75. The number of imide groups is 1. The lowest BCUT2D eigenvalue weighted by Crippen LogP contribution is -2.47. The average Bonchev–Trinajstić information content (AvgIpc) is 2.90. The molecular weight excluding hydrogens is 338 g/mol. The number of amides is 3. The van der Waals surface area contributed by atoms with E-state index in [-0.39, 0.29) is 17.7 Å². The first-order valence-electron chi connectivity index (χ1n) is 7.88. The van der Waals surface area contributed by atoms with E-state index < -0.39 is 34.4 Å². The molecule has 0 fully saturated rings. The Bertz CT molecular complexity index is 910. The van der Waals surface area contributed by atoms with E-state index in [0.717, 1.165) is 16.5 Å². The van der Waals surface area contributed by atoms with Gasteiger partial charge in [0, 0.05) is 12.6 Å². The molecule has 0 aromatic heterocycles. The Morgan fingerprint density at radius 3 is 2.46 bits per heavy atom. The van der Waals surface area contributed by atoms with Crippen LogP contribution in [0.4, 0.5) is 5.69 Å². The van der Waals surface area contributed by atoms with Crippen molar-refractivity contribution in [2.75, 3.05) is 0 Å². The monoisotopic (exact) mass is 353 g/mol. The molecule has 0 saturated carbocycles. The smallest absolute Gasteiger partial charge is 0.282 e. The van der Waals surface area contributed by atoms with E-state index in [4.69, 9.17) is 0 Å². The number of nitrogens with one attached hydrogen (secondary N) is 1. The Kier molecular flexibility index (Phi) is 4.49. The number of hydrogen-bond acceptors (Lipinski definition) is 5. The molecule has 8 heteroatoms. The fourth-order valence-corrected chi connectivity index (χ4v) is 2.84. The second-order valence-electron chi connectivity index (χ2n) is 5.82. The summed E-state index contributed by atoms with van der Waals surface area (Å²) in [5.74, 6) is -2.07. The standard InChI is InChI=1S/C18H15N3O5/c1-11(16(22)19-10-12-6-3-2-4-7-12)20-17(23)13-8-5-9-14(21(25)26)15(13)18(20)24/h2-9,11H,10H2,1H3,(H,19,22)/t11-/m0/s1. The number of fused-ring (bicyclic) bond motifs is 1. The molecule has 26 heavy (non-hydrogen) atoms. The maximum absolute atomic E-state index is 12.6. The van der Waals surface area contributed by atoms with Crippen molar-refractivity contribution in [3.05, 3.63) is 75.3 Å². The SMILES string of the molecule is C[C@@H](C(=O)NCc1ccccc1)N1C(=O)c2cccc([N+](=O)[O-])c2C1=O. The number of rotatable bonds is 5. The van der Waals surface area contributed by atoms with Crippen LogP contribution in [0.25, 0.3) is 0 Å². The summed E-state index contributed by atoms with van der Waals surface area (Å²) in [5.41, 5.74) is 0.0865. The Balaban J connectivity index is 1.80. The zero-order chi connectivity index (χ0) is 18.8. The van der Waals surface area contributed by atoms with Crippen molar-refractivity contribution in [2.24, 2.45) is 0 Å². The summed E-state index contributed by atoms with van der Waals surface area (Å²) in [7, 11) is 0. The number of nitrogens with zero attached hydrogens (tertiary/aromatic N) is 2. The largest absolute Gasteiger partial charge is 0.350 e. The molecule has 1 atom stereocenters. The Labute approximate surface area is 148 Å². The van der Waals surface area contributed by atoms with Gasteiger partial charge < -0.3 is 5.32 Å². The van der Waals surface area contributed by atoms with E-state index in [0.29, 0.717) is 0 Å². The highest BCUT2D eigenvalue weighted by Crippen LogP contribution is 2.31. The Morgan fingerprint density at radius 2 is 1.81 bits per heavy atom. The quantitative estimate of drug-likeness (QED) is 0.501. The fourth-order valence-electron chi connectivity index (χ4n) is 2.84. The highest BCUT2D eigenvalue weighted by atomic mass is 16.6. The van der Waals surface area contributed by atoms with Crippen LogP contribution in [0, 0.1) is 10.1 Å². The van der Waals surface area contributed by atoms with Crippen LogP contribution in [-0.4, -0.2) is 33.6 Å². The van der Waals surface area contributed by atoms with Gasteiger partial charge >= 0.3 is 0 Å². The molecular formula is C18H15N3O5. The summed E-state index contributed by atoms with van der Waals surface area (Å²) < 4.78 is 0. The molecule has 2 aromatic rings. The van der Waals surface area contributed by atoms with Crippen molar-refractivity contribution in [2.45, 2.75) is 19.5 Å². The highest BCUT2D eigenvalue weighted by molar-refractivity contribution is 6.24. The Hall–Kier alpha value is -3.55. The van der Waals surface area contributed by atoms with E-state index in [2.05, 4.69) is 5.32 Å². The molecule has 0 saturated heterocycles. The van der Waals surface area contributed by atoms with Crippen molar-refractivity contribution in [1.29, 1.82) is 0 Å². The lowest BCUT2D eigenvalue weighted by atomic mass is 10.1. The van der Waals surface area contributed by atoms with Gasteiger partial charge in [0.15, 0.2) is 0 Å². The van der Waals surface area contributed by atoms with Gasteiger partial charge in [0.05, 0.1) is 10.5 Å². The van der Waals surface area contributed by atoms with Crippen LogP contribution in [0.1, 0.15) is 33.2 Å². The van der Waals surface area contributed by atoms with Crippen molar-refractivity contribution in [3.8, 4) is 0 Å². The number of benzene rings is 2. The first kappa shape index (κ1) is 17.3. The van der Waals surface area contributed by atoms with E-state index in [9.17, 15) is 24.5 Å². The van der Waals surface area contributed by atoms with Gasteiger partial charge in [0.1, 0.15) is 11.6 Å². The van der Waals surface area contributed by atoms with E-state index in [1.807, 2.05) is 30.3 Å². The molecule has 3 amide bonds. The molecule has 1 N–H and O–H groups in total. The van der Waals surface area contributed by atoms with Crippen molar-refractivity contribution < 1.29 is 19.3 Å². The first-order chi connectivity index (χ1) is 12.4. The number of nitro benzene ring substituents is 1. The van der Waals surface area contributed by atoms with Gasteiger partial charge in [-0.25, -0.2) is 0 Å². The van der Waals surface area contributed by atoms with Crippen LogP contribution in [0.2, 0.25) is 0 Å². The predicted molar refractivity (Wildman–Crippen MR) is 91.3 cm³/mol. The van der Waals surface area contributed by atoms with Gasteiger partial charge in [-0.3, -0.25) is 29.4 Å². The normalized spacial score (nSPS) is 14.1. The lowest BCUT2D eigenvalue weighted by molar-refractivity contribution is -0.385. The van der Waals surface area contributed by atoms with Crippen LogP contribution in [-0.2, 0) is 11.3 Å². The minimum absolute atomic E-state index is 0.0630. The molecule has 0 unspecified atom stereocenters. The van der Waals surface area contributed by atoms with E-state index >= 15 is 0 Å². The highest BCUT2D eigenvalue weighted by Gasteiger charge is 2.44. The molecule has 1 aliphatic rings. The predicted octanol–water partition coefficient (Wildman–Crippen LogP) is 1.90. The average molecular weight is 353 g/mol. The minimum Gasteiger partial charge on any atom is -0.350 e. The van der Waals surface area contributed by atoms with E-state index in [1.54, 1.807) is 0 Å². The third-order valence-corrected chi connectivity index (χ3v) is 4.20. The molecule has 1 aliphatic heterocycles. The van der Waals surface area contributed by atoms with Crippen molar-refractivity contribution >= 4 is 23.4 Å². The molecule has 3 rings (SSSR count). The van der Waals surface area contributed by atoms with Crippen LogP contribution in [0.3, 0.4) is 0 Å². The van der Waals surface area contributed by atoms with Crippen molar-refractivity contribution in [3.63, 3.8) is 0 Å². The molecule has 132 valence electrons. The van der Waals surface area contributed by atoms with Gasteiger partial charge in [-0.1, -0.05) is 36.4 Å². The first-order valence-corrected chi connectivity index (χ1v) is 7.88. The van der Waals surface area contributed by atoms with Gasteiger partial charge in [-0.05, 0) is 18.6 Å². The van der Waals surface area contributed by atoms with Crippen LogP contribution in [0.5, 0.6) is 0 Å². The van der Waals surface area contributed by atoms with Gasteiger partial charge in [-0.2, -0.15) is 0 Å². The summed E-state index contributed by atoms with van der Waals surface area (Å²) in [6.45, 7) is 1.65. The maximum Gasteiger partial charge on any atom is 0.282 e. The van der Waals surface area contributed by atoms with E-state index in [1.165, 1.54) is 19.1 Å². The van der Waals surface area contributed by atoms with Gasteiger partial charge in [0.2, 0.25) is 5.91 Å². The number of carbonyl (C=O) groups is 3. The van der Waals surface area contributed by atoms with Crippen molar-refractivity contribution in [1.82, 2.24) is 10.2 Å². The van der Waals surface area contributed by atoms with Gasteiger partial charge in [-0.15, -0.1) is 0 Å². The Morgan fingerprint density at radius 1 is 1.12 bits per heavy atom. The fraction of sp³-hybridized carbons (Fsp3) is 0.167. The molecule has 0 spiro atoms. The summed E-state index contributed by atoms with van der Waals surface area (Å²) in [6.07, 6.45) is 0. The topological polar surface area (TPSA) is 110 Å². The molecule has 1 heterocycles. The van der Waals surface area contributed by atoms with Crippen LogP contribution < -0.4 is 5.32 Å². The molecule has 0 radical (unpaired) electrons. The molecule has 0 bridgehead atoms. The third kappa shape index (κ3) is 2.92. The zero-order valence-corrected chi connectivity index (χ0v) is 13.8. The number of carbonyl (C=O) groups excluding carboxylic acids is 3. The third-order valence-electron chi connectivity index (χ3n) is 4.20. The van der Waals surface area contributed by atoms with Gasteiger partial charge in [0.25, 0.3) is 17.5 Å². The summed E-state index contributed by atoms with van der Waals surface area (Å²) in [5, 5.41) is 13.8. The molecule has 0 aliphatic carbocycles. The zero-order valence-electron chi connectivity index (χ0n) is 13.8. The summed E-state index contributed by atoms with van der Waals surface area (Å²) in [4.78, 5) is 48.6.